The summed E-state index contributed by atoms with van der Waals surface area (Å²) in [5.41, 5.74) is 1.95. The molecule has 1 N–H and O–H groups in total. The molecule has 1 atom stereocenters. The number of hydrogen-bond acceptors (Lipinski definition) is 6. The summed E-state index contributed by atoms with van der Waals surface area (Å²) in [5, 5.41) is 12.7. The zero-order chi connectivity index (χ0) is 19.6. The van der Waals surface area contributed by atoms with Crippen LogP contribution in [0.5, 0.6) is 11.5 Å². The minimum absolute atomic E-state index is 0.341. The number of ether oxygens (including phenoxy) is 3. The molecule has 0 bridgehead atoms. The highest BCUT2D eigenvalue weighted by Gasteiger charge is 2.14. The molecule has 0 radical (unpaired) electrons. The molecule has 0 fully saturated rings. The molecule has 0 saturated carbocycles. The van der Waals surface area contributed by atoms with Gasteiger partial charge in [0.2, 0.25) is 0 Å². The number of carbonyl (C=O) groups is 1. The minimum atomic E-state index is -0.577. The molecule has 0 heterocycles. The van der Waals surface area contributed by atoms with Crippen molar-refractivity contribution < 1.29 is 19.0 Å². The third-order valence-corrected chi connectivity index (χ3v) is 4.03. The number of nitrogens with zero attached hydrogens (tertiary/aromatic N) is 1. The van der Waals surface area contributed by atoms with Crippen LogP contribution in [0.15, 0.2) is 42.5 Å². The van der Waals surface area contributed by atoms with Crippen LogP contribution >= 0.6 is 0 Å². The molecule has 2 aromatic carbocycles. The second kappa shape index (κ2) is 10.1. The number of esters is 1. The van der Waals surface area contributed by atoms with E-state index in [-0.39, 0.29) is 5.97 Å². The number of anilines is 1. The predicted molar refractivity (Wildman–Crippen MR) is 103 cm³/mol. The Balaban J connectivity index is 2.08. The van der Waals surface area contributed by atoms with E-state index in [1.54, 1.807) is 50.6 Å². The maximum atomic E-state index is 11.9. The first kappa shape index (κ1) is 20.1. The van der Waals surface area contributed by atoms with Crippen LogP contribution in [-0.4, -0.2) is 26.8 Å². The van der Waals surface area contributed by atoms with Crippen molar-refractivity contribution in [1.82, 2.24) is 0 Å². The Hall–Kier alpha value is -3.20. The Morgan fingerprint density at radius 3 is 2.41 bits per heavy atom. The van der Waals surface area contributed by atoms with E-state index in [9.17, 15) is 10.1 Å². The summed E-state index contributed by atoms with van der Waals surface area (Å²) >= 11 is 0. The molecule has 0 spiro atoms. The summed E-state index contributed by atoms with van der Waals surface area (Å²) in [6.07, 6.45) is 1.82. The van der Waals surface area contributed by atoms with E-state index in [1.165, 1.54) is 0 Å². The molecular formula is C21H24N2O4. The Bertz CT molecular complexity index is 797. The van der Waals surface area contributed by atoms with Crippen molar-refractivity contribution in [2.75, 3.05) is 26.1 Å². The summed E-state index contributed by atoms with van der Waals surface area (Å²) in [5.74, 6) is 0.817. The van der Waals surface area contributed by atoms with Gasteiger partial charge in [0.15, 0.2) is 11.5 Å². The van der Waals surface area contributed by atoms with Crippen LogP contribution in [0.25, 0.3) is 0 Å². The summed E-state index contributed by atoms with van der Waals surface area (Å²) in [4.78, 5) is 11.9. The van der Waals surface area contributed by atoms with Crippen molar-refractivity contribution >= 4 is 11.7 Å². The fourth-order valence-corrected chi connectivity index (χ4v) is 2.48. The second-order valence-electron chi connectivity index (χ2n) is 5.89. The molecule has 2 rings (SSSR count). The van der Waals surface area contributed by atoms with Gasteiger partial charge in [0.25, 0.3) is 0 Å². The Labute approximate surface area is 159 Å². The van der Waals surface area contributed by atoms with Gasteiger partial charge in [0, 0.05) is 5.69 Å². The van der Waals surface area contributed by atoms with Gasteiger partial charge in [-0.15, -0.1) is 0 Å². The van der Waals surface area contributed by atoms with Gasteiger partial charge in [-0.1, -0.05) is 19.4 Å². The maximum absolute atomic E-state index is 11.9. The molecular weight excluding hydrogens is 344 g/mol. The average molecular weight is 368 g/mol. The van der Waals surface area contributed by atoms with Crippen LogP contribution in [-0.2, 0) is 4.74 Å². The lowest BCUT2D eigenvalue weighted by atomic mass is 10.1. The quantitative estimate of drug-likeness (QED) is 0.524. The summed E-state index contributed by atoms with van der Waals surface area (Å²) in [7, 11) is 3.11. The van der Waals surface area contributed by atoms with Gasteiger partial charge in [-0.2, -0.15) is 5.26 Å². The number of nitrogens with one attached hydrogen (secondary N) is 1. The zero-order valence-electron chi connectivity index (χ0n) is 15.8. The Morgan fingerprint density at radius 2 is 1.81 bits per heavy atom. The standard InChI is InChI=1S/C21H24N2O4/c1-4-5-12-27-21(24)15-6-9-17(10-7-15)23-18(14-22)16-8-11-19(25-2)20(13-16)26-3/h6-11,13,18,23H,4-5,12H2,1-3H3. The van der Waals surface area contributed by atoms with Crippen LogP contribution in [0.4, 0.5) is 5.69 Å². The third kappa shape index (κ3) is 5.38. The summed E-state index contributed by atoms with van der Waals surface area (Å²) < 4.78 is 15.7. The van der Waals surface area contributed by atoms with Crippen molar-refractivity contribution in [2.24, 2.45) is 0 Å². The van der Waals surface area contributed by atoms with Crippen molar-refractivity contribution in [3.8, 4) is 17.6 Å². The molecule has 27 heavy (non-hydrogen) atoms. The Kier molecular flexibility index (Phi) is 7.50. The smallest absolute Gasteiger partial charge is 0.338 e. The molecule has 0 saturated heterocycles. The summed E-state index contributed by atoms with van der Waals surface area (Å²) in [6.45, 7) is 2.46. The molecule has 6 heteroatoms. The van der Waals surface area contributed by atoms with Gasteiger partial charge in [-0.3, -0.25) is 0 Å². The first-order chi connectivity index (χ1) is 13.1. The molecule has 2 aromatic rings. The fourth-order valence-electron chi connectivity index (χ4n) is 2.48. The molecule has 0 aliphatic rings. The highest BCUT2D eigenvalue weighted by atomic mass is 16.5. The molecule has 6 nitrogen and oxygen atoms in total. The van der Waals surface area contributed by atoms with E-state index in [2.05, 4.69) is 11.4 Å². The highest BCUT2D eigenvalue weighted by Crippen LogP contribution is 2.31. The average Bonchev–Trinajstić information content (AvgIpc) is 2.72. The van der Waals surface area contributed by atoms with Gasteiger partial charge in [0.1, 0.15) is 6.04 Å². The van der Waals surface area contributed by atoms with Crippen molar-refractivity contribution in [3.05, 3.63) is 53.6 Å². The molecule has 0 aliphatic carbocycles. The van der Waals surface area contributed by atoms with Crippen LogP contribution in [0.3, 0.4) is 0 Å². The SMILES string of the molecule is CCCCOC(=O)c1ccc(NC(C#N)c2ccc(OC)c(OC)c2)cc1. The van der Waals surface area contributed by atoms with Gasteiger partial charge in [-0.25, -0.2) is 4.79 Å². The number of nitriles is 1. The first-order valence-electron chi connectivity index (χ1n) is 8.78. The molecule has 0 aromatic heterocycles. The van der Waals surface area contributed by atoms with Gasteiger partial charge in [0.05, 0.1) is 32.5 Å². The first-order valence-corrected chi connectivity index (χ1v) is 8.78. The van der Waals surface area contributed by atoms with E-state index in [0.717, 1.165) is 24.1 Å². The molecule has 1 unspecified atom stereocenters. The largest absolute Gasteiger partial charge is 0.493 e. The summed E-state index contributed by atoms with van der Waals surface area (Å²) in [6, 6.07) is 13.8. The lowest BCUT2D eigenvalue weighted by molar-refractivity contribution is 0.0500. The number of benzene rings is 2. The number of unbranched alkanes of at least 4 members (excludes halogenated alkanes) is 1. The predicted octanol–water partition coefficient (Wildman–Crippen LogP) is 4.34. The van der Waals surface area contributed by atoms with E-state index >= 15 is 0 Å². The third-order valence-electron chi connectivity index (χ3n) is 4.03. The maximum Gasteiger partial charge on any atom is 0.338 e. The number of methoxy groups -OCH3 is 2. The second-order valence-corrected chi connectivity index (χ2v) is 5.89. The molecule has 142 valence electrons. The van der Waals surface area contributed by atoms with Crippen molar-refractivity contribution in [3.63, 3.8) is 0 Å². The van der Waals surface area contributed by atoms with Crippen LogP contribution < -0.4 is 14.8 Å². The van der Waals surface area contributed by atoms with Gasteiger partial charge >= 0.3 is 5.97 Å². The van der Waals surface area contributed by atoms with Crippen LogP contribution in [0.2, 0.25) is 0 Å². The topological polar surface area (TPSA) is 80.6 Å². The lowest BCUT2D eigenvalue weighted by Crippen LogP contribution is -2.10. The fraction of sp³-hybridized carbons (Fsp3) is 0.333. The minimum Gasteiger partial charge on any atom is -0.493 e. The van der Waals surface area contributed by atoms with Gasteiger partial charge < -0.3 is 19.5 Å². The lowest BCUT2D eigenvalue weighted by Gasteiger charge is -2.16. The van der Waals surface area contributed by atoms with E-state index < -0.39 is 6.04 Å². The normalized spacial score (nSPS) is 11.2. The Morgan fingerprint density at radius 1 is 1.11 bits per heavy atom. The van der Waals surface area contributed by atoms with E-state index in [4.69, 9.17) is 14.2 Å². The van der Waals surface area contributed by atoms with E-state index in [1.807, 2.05) is 13.0 Å². The number of rotatable bonds is 9. The molecule has 0 amide bonds. The molecule has 0 aliphatic heterocycles. The van der Waals surface area contributed by atoms with Crippen molar-refractivity contribution in [2.45, 2.75) is 25.8 Å². The van der Waals surface area contributed by atoms with Gasteiger partial charge in [-0.05, 0) is 48.4 Å². The zero-order valence-corrected chi connectivity index (χ0v) is 15.8. The van der Waals surface area contributed by atoms with Crippen LogP contribution in [0.1, 0.15) is 41.7 Å². The van der Waals surface area contributed by atoms with Crippen LogP contribution in [0, 0.1) is 11.3 Å². The monoisotopic (exact) mass is 368 g/mol. The van der Waals surface area contributed by atoms with Crippen molar-refractivity contribution in [1.29, 1.82) is 5.26 Å². The van der Waals surface area contributed by atoms with E-state index in [0.29, 0.717) is 23.7 Å². The highest BCUT2D eigenvalue weighted by molar-refractivity contribution is 5.89. The number of carbonyl (C=O) groups excluding carboxylic acids is 1. The number of hydrogen-bond donors (Lipinski definition) is 1.